The summed E-state index contributed by atoms with van der Waals surface area (Å²) in [5, 5.41) is 2.72. The standard InChI is InChI=1S/C23H24N2O4/c1-3-4-8-17-11-13-19(14-12-17)24-20(26)15-28-23(27)21-16(2)29-22(25-21)18-9-6-5-7-10-18/h5-7,9-14H,3-4,8,15H2,1-2H3,(H,24,26). The van der Waals surface area contributed by atoms with Gasteiger partial charge < -0.3 is 14.5 Å². The van der Waals surface area contributed by atoms with Crippen LogP contribution in [-0.2, 0) is 16.0 Å². The van der Waals surface area contributed by atoms with E-state index in [0.29, 0.717) is 17.3 Å². The number of ether oxygens (including phenoxy) is 1. The van der Waals surface area contributed by atoms with Gasteiger partial charge in [-0.25, -0.2) is 9.78 Å². The van der Waals surface area contributed by atoms with Crippen molar-refractivity contribution in [3.05, 3.63) is 71.6 Å². The summed E-state index contributed by atoms with van der Waals surface area (Å²) >= 11 is 0. The lowest BCUT2D eigenvalue weighted by Crippen LogP contribution is -2.21. The number of carbonyl (C=O) groups excluding carboxylic acids is 2. The van der Waals surface area contributed by atoms with Crippen molar-refractivity contribution < 1.29 is 18.7 Å². The molecule has 1 heterocycles. The van der Waals surface area contributed by atoms with E-state index in [1.807, 2.05) is 54.6 Å². The molecule has 150 valence electrons. The highest BCUT2D eigenvalue weighted by Gasteiger charge is 2.20. The Hall–Kier alpha value is -3.41. The van der Waals surface area contributed by atoms with Crippen molar-refractivity contribution in [3.63, 3.8) is 0 Å². The number of unbranched alkanes of at least 4 members (excludes halogenated alkanes) is 1. The van der Waals surface area contributed by atoms with E-state index in [2.05, 4.69) is 17.2 Å². The molecule has 0 aliphatic rings. The van der Waals surface area contributed by atoms with E-state index in [0.717, 1.165) is 24.8 Å². The quantitative estimate of drug-likeness (QED) is 0.558. The largest absolute Gasteiger partial charge is 0.451 e. The first kappa shape index (κ1) is 20.3. The van der Waals surface area contributed by atoms with Crippen molar-refractivity contribution >= 4 is 17.6 Å². The lowest BCUT2D eigenvalue weighted by atomic mass is 10.1. The maximum atomic E-state index is 12.3. The summed E-state index contributed by atoms with van der Waals surface area (Å²) < 4.78 is 10.6. The molecule has 6 heteroatoms. The topological polar surface area (TPSA) is 81.4 Å². The summed E-state index contributed by atoms with van der Waals surface area (Å²) in [4.78, 5) is 28.6. The molecule has 3 rings (SSSR count). The van der Waals surface area contributed by atoms with Gasteiger partial charge in [-0.1, -0.05) is 43.7 Å². The van der Waals surface area contributed by atoms with Crippen LogP contribution in [0.2, 0.25) is 0 Å². The highest BCUT2D eigenvalue weighted by Crippen LogP contribution is 2.21. The minimum atomic E-state index is -0.696. The first-order valence-corrected chi connectivity index (χ1v) is 9.65. The van der Waals surface area contributed by atoms with Crippen molar-refractivity contribution in [1.29, 1.82) is 0 Å². The summed E-state index contributed by atoms with van der Waals surface area (Å²) in [6.07, 6.45) is 3.29. The van der Waals surface area contributed by atoms with Gasteiger partial charge in [-0.15, -0.1) is 0 Å². The number of nitrogens with zero attached hydrogens (tertiary/aromatic N) is 1. The summed E-state index contributed by atoms with van der Waals surface area (Å²) in [5.74, 6) is -0.429. The van der Waals surface area contributed by atoms with Gasteiger partial charge in [0.2, 0.25) is 5.89 Å². The van der Waals surface area contributed by atoms with Crippen molar-refractivity contribution in [3.8, 4) is 11.5 Å². The fraction of sp³-hybridized carbons (Fsp3) is 0.261. The van der Waals surface area contributed by atoms with Crippen LogP contribution in [0.3, 0.4) is 0 Å². The number of aryl methyl sites for hydroxylation is 2. The molecule has 1 aromatic heterocycles. The summed E-state index contributed by atoms with van der Waals surface area (Å²) in [5.41, 5.74) is 2.72. The third kappa shape index (κ3) is 5.54. The molecule has 0 atom stereocenters. The van der Waals surface area contributed by atoms with Crippen molar-refractivity contribution in [2.45, 2.75) is 33.1 Å². The number of esters is 1. The van der Waals surface area contributed by atoms with Gasteiger partial charge >= 0.3 is 5.97 Å². The molecule has 6 nitrogen and oxygen atoms in total. The van der Waals surface area contributed by atoms with Crippen molar-refractivity contribution in [2.24, 2.45) is 0 Å². The monoisotopic (exact) mass is 392 g/mol. The van der Waals surface area contributed by atoms with Gasteiger partial charge in [0.25, 0.3) is 5.91 Å². The molecule has 0 aliphatic heterocycles. The van der Waals surface area contributed by atoms with Crippen LogP contribution in [-0.4, -0.2) is 23.5 Å². The molecule has 29 heavy (non-hydrogen) atoms. The zero-order chi connectivity index (χ0) is 20.6. The number of benzene rings is 2. The molecule has 1 N–H and O–H groups in total. The van der Waals surface area contributed by atoms with Crippen LogP contribution in [0.15, 0.2) is 59.0 Å². The van der Waals surface area contributed by atoms with Gasteiger partial charge in [0, 0.05) is 11.3 Å². The predicted molar refractivity (Wildman–Crippen MR) is 111 cm³/mol. The fourth-order valence-corrected chi connectivity index (χ4v) is 2.82. The highest BCUT2D eigenvalue weighted by molar-refractivity contribution is 5.95. The number of amides is 1. The molecule has 0 spiro atoms. The molecular formula is C23H24N2O4. The lowest BCUT2D eigenvalue weighted by molar-refractivity contribution is -0.119. The van der Waals surface area contributed by atoms with Gasteiger partial charge in [-0.3, -0.25) is 4.79 Å². The molecule has 1 amide bonds. The summed E-state index contributed by atoms with van der Waals surface area (Å²) in [7, 11) is 0. The minimum Gasteiger partial charge on any atom is -0.451 e. The molecule has 0 radical (unpaired) electrons. The van der Waals surface area contributed by atoms with E-state index in [4.69, 9.17) is 9.15 Å². The minimum absolute atomic E-state index is 0.0666. The van der Waals surface area contributed by atoms with Gasteiger partial charge in [0.1, 0.15) is 5.76 Å². The number of oxazole rings is 1. The SMILES string of the molecule is CCCCc1ccc(NC(=O)COC(=O)c2nc(-c3ccccc3)oc2C)cc1. The van der Waals surface area contributed by atoms with Crippen LogP contribution in [0, 0.1) is 6.92 Å². The maximum absolute atomic E-state index is 12.3. The number of rotatable bonds is 8. The average molecular weight is 392 g/mol. The molecular weight excluding hydrogens is 368 g/mol. The Kier molecular flexibility index (Phi) is 6.79. The van der Waals surface area contributed by atoms with Crippen LogP contribution in [0.4, 0.5) is 5.69 Å². The Morgan fingerprint density at radius 3 is 2.48 bits per heavy atom. The van der Waals surface area contributed by atoms with Gasteiger partial charge in [0.05, 0.1) is 0 Å². The number of hydrogen-bond donors (Lipinski definition) is 1. The third-order valence-electron chi connectivity index (χ3n) is 4.40. The molecule has 0 saturated carbocycles. The maximum Gasteiger partial charge on any atom is 0.361 e. The van der Waals surface area contributed by atoms with Crippen molar-refractivity contribution in [1.82, 2.24) is 4.98 Å². The Morgan fingerprint density at radius 2 is 1.79 bits per heavy atom. The molecule has 0 bridgehead atoms. The van der Waals surface area contributed by atoms with Gasteiger partial charge in [-0.05, 0) is 49.6 Å². The zero-order valence-corrected chi connectivity index (χ0v) is 16.6. The molecule has 0 aliphatic carbocycles. The van der Waals surface area contributed by atoms with Crippen LogP contribution in [0.5, 0.6) is 0 Å². The second-order valence-corrected chi connectivity index (χ2v) is 6.71. The van der Waals surface area contributed by atoms with Gasteiger partial charge in [-0.2, -0.15) is 0 Å². The van der Waals surface area contributed by atoms with Gasteiger partial charge in [0.15, 0.2) is 12.3 Å². The van der Waals surface area contributed by atoms with E-state index in [-0.39, 0.29) is 5.69 Å². The van der Waals surface area contributed by atoms with E-state index < -0.39 is 18.5 Å². The van der Waals surface area contributed by atoms with E-state index >= 15 is 0 Å². The van der Waals surface area contributed by atoms with E-state index in [9.17, 15) is 9.59 Å². The summed E-state index contributed by atoms with van der Waals surface area (Å²) in [6, 6.07) is 16.9. The Bertz CT molecular complexity index is 962. The molecule has 2 aromatic carbocycles. The van der Waals surface area contributed by atoms with Crippen LogP contribution in [0.25, 0.3) is 11.5 Å². The predicted octanol–water partition coefficient (Wildman–Crippen LogP) is 4.79. The first-order chi connectivity index (χ1) is 14.1. The third-order valence-corrected chi connectivity index (χ3v) is 4.40. The number of anilines is 1. The molecule has 0 fully saturated rings. The Balaban J connectivity index is 1.54. The first-order valence-electron chi connectivity index (χ1n) is 9.65. The zero-order valence-electron chi connectivity index (χ0n) is 16.6. The average Bonchev–Trinajstić information content (AvgIpc) is 3.14. The molecule has 3 aromatic rings. The van der Waals surface area contributed by atoms with Crippen LogP contribution < -0.4 is 5.32 Å². The number of carbonyl (C=O) groups is 2. The fourth-order valence-electron chi connectivity index (χ4n) is 2.82. The smallest absolute Gasteiger partial charge is 0.361 e. The summed E-state index contributed by atoms with van der Waals surface area (Å²) in [6.45, 7) is 3.39. The molecule has 0 saturated heterocycles. The Labute approximate surface area is 169 Å². The number of aromatic nitrogens is 1. The molecule has 0 unspecified atom stereocenters. The van der Waals surface area contributed by atoms with Crippen molar-refractivity contribution in [2.75, 3.05) is 11.9 Å². The van der Waals surface area contributed by atoms with E-state index in [1.54, 1.807) is 6.92 Å². The number of nitrogens with one attached hydrogen (secondary N) is 1. The second kappa shape index (κ2) is 9.68. The van der Waals surface area contributed by atoms with Crippen LogP contribution in [0.1, 0.15) is 41.6 Å². The number of hydrogen-bond acceptors (Lipinski definition) is 5. The normalized spacial score (nSPS) is 10.6. The highest BCUT2D eigenvalue weighted by atomic mass is 16.5. The van der Waals surface area contributed by atoms with Crippen LogP contribution >= 0.6 is 0 Å². The second-order valence-electron chi connectivity index (χ2n) is 6.71. The van der Waals surface area contributed by atoms with E-state index in [1.165, 1.54) is 5.56 Å². The lowest BCUT2D eigenvalue weighted by Gasteiger charge is -2.07. The Morgan fingerprint density at radius 1 is 1.07 bits per heavy atom.